The molecule has 1 amide bonds. The molecule has 2 aromatic rings. The molecule has 1 fully saturated rings. The highest BCUT2D eigenvalue weighted by Crippen LogP contribution is 2.33. The second-order valence-corrected chi connectivity index (χ2v) is 5.40. The zero-order chi connectivity index (χ0) is 16.6. The van der Waals surface area contributed by atoms with E-state index in [2.05, 4.69) is 4.98 Å². The first kappa shape index (κ1) is 15.5. The smallest absolute Gasteiger partial charge is 0.276 e. The molecule has 7 heteroatoms. The summed E-state index contributed by atoms with van der Waals surface area (Å²) in [5, 5.41) is 9.85. The van der Waals surface area contributed by atoms with Gasteiger partial charge in [-0.05, 0) is 24.1 Å². The summed E-state index contributed by atoms with van der Waals surface area (Å²) in [4.78, 5) is 17.2. The minimum Gasteiger partial charge on any atom is -0.391 e. The van der Waals surface area contributed by atoms with Crippen molar-refractivity contribution in [3.63, 3.8) is 0 Å². The van der Waals surface area contributed by atoms with Gasteiger partial charge in [-0.25, -0.2) is 18.2 Å². The van der Waals surface area contributed by atoms with E-state index >= 15 is 0 Å². The number of nitrogens with zero attached hydrogens (tertiary/aromatic N) is 2. The van der Waals surface area contributed by atoms with Gasteiger partial charge in [-0.15, -0.1) is 0 Å². The van der Waals surface area contributed by atoms with Crippen LogP contribution < -0.4 is 0 Å². The van der Waals surface area contributed by atoms with Crippen molar-refractivity contribution in [2.45, 2.75) is 18.6 Å². The molecule has 0 saturated carbocycles. The Bertz CT molecular complexity index is 754. The van der Waals surface area contributed by atoms with E-state index in [-0.39, 0.29) is 13.0 Å². The maximum absolute atomic E-state index is 13.8. The molecule has 1 aliphatic rings. The zero-order valence-electron chi connectivity index (χ0n) is 11.9. The van der Waals surface area contributed by atoms with E-state index in [0.717, 1.165) is 6.20 Å². The molecule has 1 aromatic carbocycles. The molecule has 3 rings (SSSR count). The molecular weight excluding hydrogens is 309 g/mol. The van der Waals surface area contributed by atoms with Gasteiger partial charge in [0.2, 0.25) is 0 Å². The number of rotatable bonds is 2. The zero-order valence-corrected chi connectivity index (χ0v) is 11.9. The number of benzene rings is 1. The number of aliphatic hydroxyl groups is 1. The number of likely N-dealkylation sites (tertiary alicyclic amines) is 1. The minimum atomic E-state index is -1.07. The van der Waals surface area contributed by atoms with Crippen molar-refractivity contribution < 1.29 is 23.1 Å². The Morgan fingerprint density at radius 2 is 2.00 bits per heavy atom. The Kier molecular flexibility index (Phi) is 4.04. The molecule has 120 valence electrons. The Morgan fingerprint density at radius 3 is 2.70 bits per heavy atom. The highest BCUT2D eigenvalue weighted by atomic mass is 19.1. The number of amides is 1. The normalized spacial score (nSPS) is 20.8. The van der Waals surface area contributed by atoms with Crippen molar-refractivity contribution in [2.24, 2.45) is 0 Å². The topological polar surface area (TPSA) is 53.4 Å². The van der Waals surface area contributed by atoms with Crippen LogP contribution in [0.3, 0.4) is 0 Å². The number of β-amino-alcohol motifs (C(OH)–C–C–N with tert-alkyl or cyclic N) is 1. The molecule has 1 aromatic heterocycles. The molecular formula is C16H13F3N2O2. The third-order valence-corrected chi connectivity index (χ3v) is 3.78. The fourth-order valence-corrected chi connectivity index (χ4v) is 2.78. The molecule has 23 heavy (non-hydrogen) atoms. The van der Waals surface area contributed by atoms with Crippen LogP contribution >= 0.6 is 0 Å². The summed E-state index contributed by atoms with van der Waals surface area (Å²) < 4.78 is 40.1. The maximum Gasteiger partial charge on any atom is 0.276 e. The number of carbonyl (C=O) groups excluding carboxylic acids is 1. The average molecular weight is 322 g/mol. The van der Waals surface area contributed by atoms with Gasteiger partial charge in [0, 0.05) is 12.6 Å². The van der Waals surface area contributed by atoms with Crippen LogP contribution in [0.2, 0.25) is 0 Å². The van der Waals surface area contributed by atoms with Crippen molar-refractivity contribution in [3.05, 3.63) is 65.2 Å². The Hall–Kier alpha value is -2.41. The number of aromatic nitrogens is 1. The summed E-state index contributed by atoms with van der Waals surface area (Å²) in [6.45, 7) is -0.0293. The lowest BCUT2D eigenvalue weighted by Gasteiger charge is -2.24. The van der Waals surface area contributed by atoms with Crippen LogP contribution in [0.25, 0.3) is 0 Å². The predicted octanol–water partition coefficient (Wildman–Crippen LogP) is 2.45. The number of aliphatic hydroxyl groups excluding tert-OH is 1. The number of hydrogen-bond donors (Lipinski definition) is 1. The highest BCUT2D eigenvalue weighted by Gasteiger charge is 2.37. The van der Waals surface area contributed by atoms with Gasteiger partial charge >= 0.3 is 0 Å². The number of carbonyl (C=O) groups is 1. The van der Waals surface area contributed by atoms with Crippen molar-refractivity contribution in [2.75, 3.05) is 6.54 Å². The molecule has 4 nitrogen and oxygen atoms in total. The Labute approximate surface area is 130 Å². The van der Waals surface area contributed by atoms with E-state index in [1.54, 1.807) is 6.07 Å². The molecule has 0 unspecified atom stereocenters. The van der Waals surface area contributed by atoms with Crippen LogP contribution in [0.15, 0.2) is 36.5 Å². The van der Waals surface area contributed by atoms with Crippen LogP contribution in [0.4, 0.5) is 13.2 Å². The van der Waals surface area contributed by atoms with Gasteiger partial charge in [-0.2, -0.15) is 0 Å². The third kappa shape index (κ3) is 3.05. The number of hydrogen-bond acceptors (Lipinski definition) is 3. The average Bonchev–Trinajstić information content (AvgIpc) is 2.89. The van der Waals surface area contributed by atoms with Gasteiger partial charge in [0.25, 0.3) is 5.91 Å². The lowest BCUT2D eigenvalue weighted by atomic mass is 10.0. The van der Waals surface area contributed by atoms with Crippen LogP contribution in [-0.4, -0.2) is 33.5 Å². The maximum atomic E-state index is 13.8. The van der Waals surface area contributed by atoms with Crippen molar-refractivity contribution >= 4 is 5.91 Å². The van der Waals surface area contributed by atoms with E-state index in [1.165, 1.54) is 23.1 Å². The van der Waals surface area contributed by atoms with Gasteiger partial charge in [-0.3, -0.25) is 4.79 Å². The molecule has 2 atom stereocenters. The summed E-state index contributed by atoms with van der Waals surface area (Å²) in [5.74, 6) is -3.20. The first-order valence-electron chi connectivity index (χ1n) is 7.01. The van der Waals surface area contributed by atoms with Crippen LogP contribution in [-0.2, 0) is 0 Å². The Morgan fingerprint density at radius 1 is 1.22 bits per heavy atom. The number of halogens is 3. The van der Waals surface area contributed by atoms with Crippen LogP contribution in [0, 0.1) is 17.5 Å². The molecule has 0 radical (unpaired) electrons. The van der Waals surface area contributed by atoms with Crippen LogP contribution in [0.1, 0.15) is 28.5 Å². The first-order chi connectivity index (χ1) is 11.0. The third-order valence-electron chi connectivity index (χ3n) is 3.78. The summed E-state index contributed by atoms with van der Waals surface area (Å²) in [6, 6.07) is 5.62. The molecule has 1 aliphatic heterocycles. The quantitative estimate of drug-likeness (QED) is 0.924. The van der Waals surface area contributed by atoms with Gasteiger partial charge in [0.1, 0.15) is 11.6 Å². The largest absolute Gasteiger partial charge is 0.391 e. The standard InChI is InChI=1S/C16H13F3N2O2/c17-10-3-1-2-9(4-10)14-6-12(22)8-21(14)16(23)15-13(19)5-11(18)7-20-15/h1-5,7,12,14,22H,6,8H2/t12-,14+/m0/s1. The first-order valence-corrected chi connectivity index (χ1v) is 7.01. The molecule has 2 heterocycles. The minimum absolute atomic E-state index is 0.0293. The fourth-order valence-electron chi connectivity index (χ4n) is 2.78. The molecule has 1 saturated heterocycles. The Balaban J connectivity index is 1.94. The summed E-state index contributed by atoms with van der Waals surface area (Å²) in [7, 11) is 0. The second kappa shape index (κ2) is 6.00. The van der Waals surface area contributed by atoms with E-state index in [4.69, 9.17) is 0 Å². The van der Waals surface area contributed by atoms with E-state index in [0.29, 0.717) is 11.6 Å². The molecule has 1 N–H and O–H groups in total. The second-order valence-electron chi connectivity index (χ2n) is 5.40. The number of pyridine rings is 1. The monoisotopic (exact) mass is 322 g/mol. The SMILES string of the molecule is O=C(c1ncc(F)cc1F)N1C[C@@H](O)C[C@@H]1c1cccc(F)c1. The van der Waals surface area contributed by atoms with Gasteiger partial charge in [0.05, 0.1) is 18.3 Å². The van der Waals surface area contributed by atoms with Gasteiger partial charge in [0.15, 0.2) is 11.5 Å². The summed E-state index contributed by atoms with van der Waals surface area (Å²) in [6.07, 6.45) is 0.147. The molecule has 0 bridgehead atoms. The van der Waals surface area contributed by atoms with E-state index in [9.17, 15) is 23.1 Å². The van der Waals surface area contributed by atoms with Crippen LogP contribution in [0.5, 0.6) is 0 Å². The summed E-state index contributed by atoms with van der Waals surface area (Å²) >= 11 is 0. The van der Waals surface area contributed by atoms with Gasteiger partial charge in [-0.1, -0.05) is 12.1 Å². The molecule has 0 aliphatic carbocycles. The van der Waals surface area contributed by atoms with Crippen molar-refractivity contribution in [1.82, 2.24) is 9.88 Å². The summed E-state index contributed by atoms with van der Waals surface area (Å²) in [5.41, 5.74) is -0.0284. The lowest BCUT2D eigenvalue weighted by molar-refractivity contribution is 0.0704. The van der Waals surface area contributed by atoms with E-state index in [1.807, 2.05) is 0 Å². The lowest BCUT2D eigenvalue weighted by Crippen LogP contribution is -2.33. The van der Waals surface area contributed by atoms with Gasteiger partial charge < -0.3 is 10.0 Å². The highest BCUT2D eigenvalue weighted by molar-refractivity contribution is 5.93. The van der Waals surface area contributed by atoms with Crippen molar-refractivity contribution in [3.8, 4) is 0 Å². The van der Waals surface area contributed by atoms with E-state index < -0.39 is 41.2 Å². The fraction of sp³-hybridized carbons (Fsp3) is 0.250. The molecule has 0 spiro atoms. The predicted molar refractivity (Wildman–Crippen MR) is 75.0 cm³/mol. The van der Waals surface area contributed by atoms with Crippen molar-refractivity contribution in [1.29, 1.82) is 0 Å².